The minimum atomic E-state index is -3.78. The van der Waals surface area contributed by atoms with Crippen molar-refractivity contribution in [2.45, 2.75) is 37.1 Å². The van der Waals surface area contributed by atoms with E-state index in [1.165, 1.54) is 12.1 Å². The van der Waals surface area contributed by atoms with E-state index >= 15 is 0 Å². The Labute approximate surface area is 106 Å². The van der Waals surface area contributed by atoms with Crippen LogP contribution in [0.25, 0.3) is 0 Å². The largest absolute Gasteiger partial charge is 0.349 e. The van der Waals surface area contributed by atoms with Crippen LogP contribution in [0, 0.1) is 6.92 Å². The maximum absolute atomic E-state index is 11.9. The van der Waals surface area contributed by atoms with E-state index in [4.69, 9.17) is 5.14 Å². The Morgan fingerprint density at radius 2 is 2.00 bits per heavy atom. The molecule has 0 aromatic heterocycles. The van der Waals surface area contributed by atoms with Gasteiger partial charge in [-0.3, -0.25) is 4.79 Å². The number of hydrogen-bond acceptors (Lipinski definition) is 3. The van der Waals surface area contributed by atoms with Crippen LogP contribution in [-0.4, -0.2) is 20.4 Å². The number of nitrogens with one attached hydrogen (secondary N) is 1. The molecule has 1 amide bonds. The molecular formula is C12H16N2O3S. The number of amides is 1. The lowest BCUT2D eigenvalue weighted by molar-refractivity contribution is 0.0916. The van der Waals surface area contributed by atoms with Gasteiger partial charge < -0.3 is 5.32 Å². The Balaban J connectivity index is 2.27. The molecule has 6 heteroatoms. The molecule has 1 saturated carbocycles. The second-order valence-electron chi connectivity index (χ2n) is 4.68. The summed E-state index contributed by atoms with van der Waals surface area (Å²) in [7, 11) is -3.78. The summed E-state index contributed by atoms with van der Waals surface area (Å²) in [6.45, 7) is 1.73. The zero-order valence-corrected chi connectivity index (χ0v) is 11.0. The number of carbonyl (C=O) groups excluding carboxylic acids is 1. The van der Waals surface area contributed by atoms with E-state index in [0.29, 0.717) is 11.1 Å². The highest BCUT2D eigenvalue weighted by atomic mass is 32.2. The van der Waals surface area contributed by atoms with Gasteiger partial charge in [-0.05, 0) is 49.9 Å². The molecule has 1 fully saturated rings. The van der Waals surface area contributed by atoms with Gasteiger partial charge in [0, 0.05) is 11.6 Å². The van der Waals surface area contributed by atoms with Crippen LogP contribution in [-0.2, 0) is 10.0 Å². The predicted molar refractivity (Wildman–Crippen MR) is 67.7 cm³/mol. The van der Waals surface area contributed by atoms with Crippen molar-refractivity contribution in [3.8, 4) is 0 Å². The van der Waals surface area contributed by atoms with E-state index in [-0.39, 0.29) is 16.8 Å². The fraction of sp³-hybridized carbons (Fsp3) is 0.417. The molecule has 0 atom stereocenters. The molecule has 0 spiro atoms. The highest BCUT2D eigenvalue weighted by Crippen LogP contribution is 2.19. The third kappa shape index (κ3) is 2.88. The number of rotatable bonds is 3. The van der Waals surface area contributed by atoms with Gasteiger partial charge in [0.25, 0.3) is 5.91 Å². The van der Waals surface area contributed by atoms with E-state index < -0.39 is 10.0 Å². The van der Waals surface area contributed by atoms with Gasteiger partial charge in [0.1, 0.15) is 0 Å². The number of hydrogen-bond donors (Lipinski definition) is 2. The minimum absolute atomic E-state index is 0.0266. The van der Waals surface area contributed by atoms with Crippen molar-refractivity contribution in [1.82, 2.24) is 5.32 Å². The second-order valence-corrected chi connectivity index (χ2v) is 6.24. The summed E-state index contributed by atoms with van der Waals surface area (Å²) in [5.74, 6) is -0.242. The van der Waals surface area contributed by atoms with Gasteiger partial charge in [-0.25, -0.2) is 13.6 Å². The monoisotopic (exact) mass is 268 g/mol. The van der Waals surface area contributed by atoms with Crippen LogP contribution in [0.4, 0.5) is 0 Å². The molecular weight excluding hydrogens is 252 g/mol. The zero-order chi connectivity index (χ0) is 13.3. The van der Waals surface area contributed by atoms with Crippen molar-refractivity contribution < 1.29 is 13.2 Å². The molecule has 1 aromatic rings. The Bertz CT molecular complexity index is 577. The first kappa shape index (κ1) is 13.0. The highest BCUT2D eigenvalue weighted by molar-refractivity contribution is 7.89. The summed E-state index contributed by atoms with van der Waals surface area (Å²) >= 11 is 0. The normalized spacial score (nSPS) is 16.1. The summed E-state index contributed by atoms with van der Waals surface area (Å²) < 4.78 is 22.6. The van der Waals surface area contributed by atoms with Crippen molar-refractivity contribution in [2.75, 3.05) is 0 Å². The average Bonchev–Trinajstić information content (AvgIpc) is 2.21. The van der Waals surface area contributed by atoms with Crippen molar-refractivity contribution >= 4 is 15.9 Å². The summed E-state index contributed by atoms with van der Waals surface area (Å²) in [5, 5.41) is 7.94. The molecule has 1 aromatic carbocycles. The molecule has 3 N–H and O–H groups in total. The summed E-state index contributed by atoms with van der Waals surface area (Å²) in [6, 6.07) is 4.64. The molecule has 0 heterocycles. The van der Waals surface area contributed by atoms with Crippen LogP contribution < -0.4 is 10.5 Å². The molecule has 18 heavy (non-hydrogen) atoms. The van der Waals surface area contributed by atoms with E-state index in [9.17, 15) is 13.2 Å². The molecule has 0 saturated heterocycles. The number of carbonyl (C=O) groups is 1. The summed E-state index contributed by atoms with van der Waals surface area (Å²) in [4.78, 5) is 11.9. The van der Waals surface area contributed by atoms with Gasteiger partial charge in [-0.1, -0.05) is 0 Å². The number of nitrogens with two attached hydrogens (primary N) is 1. The van der Waals surface area contributed by atoms with Crippen LogP contribution in [0.1, 0.15) is 35.2 Å². The van der Waals surface area contributed by atoms with Crippen molar-refractivity contribution in [3.05, 3.63) is 29.3 Å². The smallest absolute Gasteiger partial charge is 0.251 e. The molecule has 98 valence electrons. The van der Waals surface area contributed by atoms with Crippen LogP contribution in [0.5, 0.6) is 0 Å². The quantitative estimate of drug-likeness (QED) is 0.854. The maximum Gasteiger partial charge on any atom is 0.251 e. The Morgan fingerprint density at radius 1 is 1.33 bits per heavy atom. The van der Waals surface area contributed by atoms with Gasteiger partial charge in [0.05, 0.1) is 4.90 Å². The van der Waals surface area contributed by atoms with Crippen LogP contribution in [0.15, 0.2) is 23.1 Å². The number of primary sulfonamides is 1. The molecule has 0 radical (unpaired) electrons. The van der Waals surface area contributed by atoms with E-state index in [2.05, 4.69) is 5.32 Å². The first-order chi connectivity index (χ1) is 8.36. The molecule has 0 unspecified atom stereocenters. The first-order valence-electron chi connectivity index (χ1n) is 5.81. The van der Waals surface area contributed by atoms with Crippen LogP contribution in [0.3, 0.4) is 0 Å². The summed E-state index contributed by atoms with van der Waals surface area (Å²) in [6.07, 6.45) is 3.10. The van der Waals surface area contributed by atoms with E-state index in [1.807, 2.05) is 0 Å². The third-order valence-corrected chi connectivity index (χ3v) is 3.97. The highest BCUT2D eigenvalue weighted by Gasteiger charge is 2.21. The van der Waals surface area contributed by atoms with Gasteiger partial charge in [0.2, 0.25) is 10.0 Å². The number of sulfonamides is 1. The van der Waals surface area contributed by atoms with E-state index in [0.717, 1.165) is 19.3 Å². The predicted octanol–water partition coefficient (Wildman–Crippen LogP) is 0.925. The molecule has 1 aliphatic carbocycles. The fourth-order valence-electron chi connectivity index (χ4n) is 1.86. The lowest BCUT2D eigenvalue weighted by atomic mass is 9.93. The topological polar surface area (TPSA) is 89.3 Å². The SMILES string of the molecule is Cc1cc(C(=O)NC2CCC2)cc(S(N)(=O)=O)c1. The maximum atomic E-state index is 11.9. The second kappa shape index (κ2) is 4.70. The van der Waals surface area contributed by atoms with Gasteiger partial charge in [-0.2, -0.15) is 0 Å². The van der Waals surface area contributed by atoms with Gasteiger partial charge in [0.15, 0.2) is 0 Å². The van der Waals surface area contributed by atoms with Crippen molar-refractivity contribution in [1.29, 1.82) is 0 Å². The third-order valence-electron chi connectivity index (χ3n) is 3.08. The van der Waals surface area contributed by atoms with Crippen molar-refractivity contribution in [2.24, 2.45) is 5.14 Å². The molecule has 2 rings (SSSR count). The summed E-state index contributed by atoms with van der Waals surface area (Å²) in [5.41, 5.74) is 1.03. The van der Waals surface area contributed by atoms with Crippen LogP contribution >= 0.6 is 0 Å². The Kier molecular flexibility index (Phi) is 3.41. The zero-order valence-electron chi connectivity index (χ0n) is 10.1. The van der Waals surface area contributed by atoms with Gasteiger partial charge >= 0.3 is 0 Å². The standard InChI is InChI=1S/C12H16N2O3S/c1-8-5-9(7-11(6-8)18(13,16)17)12(15)14-10-3-2-4-10/h5-7,10H,2-4H2,1H3,(H,14,15)(H2,13,16,17). The van der Waals surface area contributed by atoms with Gasteiger partial charge in [-0.15, -0.1) is 0 Å². The molecule has 1 aliphatic rings. The first-order valence-corrected chi connectivity index (χ1v) is 7.36. The Morgan fingerprint density at radius 3 is 2.50 bits per heavy atom. The lowest BCUT2D eigenvalue weighted by Crippen LogP contribution is -2.39. The van der Waals surface area contributed by atoms with Crippen molar-refractivity contribution in [3.63, 3.8) is 0 Å². The Hall–Kier alpha value is -1.40. The molecule has 0 aliphatic heterocycles. The minimum Gasteiger partial charge on any atom is -0.349 e. The molecule has 0 bridgehead atoms. The lowest BCUT2D eigenvalue weighted by Gasteiger charge is -2.26. The fourth-order valence-corrected chi connectivity index (χ4v) is 2.51. The number of aryl methyl sites for hydroxylation is 1. The average molecular weight is 268 g/mol. The number of benzene rings is 1. The van der Waals surface area contributed by atoms with E-state index in [1.54, 1.807) is 13.0 Å². The van der Waals surface area contributed by atoms with Crippen LogP contribution in [0.2, 0.25) is 0 Å². The molecule has 5 nitrogen and oxygen atoms in total.